The summed E-state index contributed by atoms with van der Waals surface area (Å²) in [6.07, 6.45) is 6.70. The van der Waals surface area contributed by atoms with Crippen molar-refractivity contribution in [1.29, 1.82) is 0 Å². The lowest BCUT2D eigenvalue weighted by molar-refractivity contribution is 0.0980. The number of pyridine rings is 1. The number of Topliss-reactive ketones (excluding diaryl/α,β-unsaturated/α-hetero) is 1. The number of carbonyl (C=O) groups excluding carboxylic acids is 1. The Morgan fingerprint density at radius 2 is 2.14 bits per heavy atom. The fourth-order valence-electron chi connectivity index (χ4n) is 2.03. The Labute approximate surface area is 131 Å². The quantitative estimate of drug-likeness (QED) is 0.762. The molecule has 1 atom stereocenters. The molecule has 2 rings (SSSR count). The van der Waals surface area contributed by atoms with Crippen LogP contribution in [0, 0.1) is 0 Å². The molecule has 5 heteroatoms. The molecule has 0 saturated carbocycles. The van der Waals surface area contributed by atoms with Crippen molar-refractivity contribution in [2.24, 2.45) is 0 Å². The zero-order valence-electron chi connectivity index (χ0n) is 11.7. The van der Waals surface area contributed by atoms with E-state index in [1.165, 1.54) is 0 Å². The summed E-state index contributed by atoms with van der Waals surface area (Å²) in [6.45, 7) is 0. The van der Waals surface area contributed by atoms with Gasteiger partial charge in [-0.25, -0.2) is 0 Å². The second-order valence-corrected chi connectivity index (χ2v) is 6.51. The molecule has 0 N–H and O–H groups in total. The van der Waals surface area contributed by atoms with E-state index < -0.39 is 10.8 Å². The molecule has 0 bridgehead atoms. The van der Waals surface area contributed by atoms with E-state index >= 15 is 0 Å². The molecule has 0 spiro atoms. The number of hydrogen-bond donors (Lipinski definition) is 0. The lowest BCUT2D eigenvalue weighted by Gasteiger charge is -2.06. The molecule has 0 amide bonds. The van der Waals surface area contributed by atoms with Crippen molar-refractivity contribution < 1.29 is 9.00 Å². The minimum atomic E-state index is -1.03. The van der Waals surface area contributed by atoms with E-state index in [4.69, 9.17) is 11.6 Å². The van der Waals surface area contributed by atoms with E-state index in [2.05, 4.69) is 4.98 Å². The first-order valence-corrected chi connectivity index (χ1v) is 8.56. The van der Waals surface area contributed by atoms with Crippen LogP contribution in [-0.2, 0) is 17.2 Å². The minimum absolute atomic E-state index is 0.0782. The second kappa shape index (κ2) is 7.48. The molecule has 1 aromatic carbocycles. The Morgan fingerprint density at radius 3 is 2.81 bits per heavy atom. The van der Waals surface area contributed by atoms with Crippen LogP contribution in [0.3, 0.4) is 0 Å². The van der Waals surface area contributed by atoms with Crippen molar-refractivity contribution in [3.8, 4) is 0 Å². The van der Waals surface area contributed by atoms with Gasteiger partial charge in [0.25, 0.3) is 0 Å². The highest BCUT2D eigenvalue weighted by molar-refractivity contribution is 7.84. The van der Waals surface area contributed by atoms with Crippen LogP contribution in [0.25, 0.3) is 0 Å². The van der Waals surface area contributed by atoms with Crippen LogP contribution in [0.4, 0.5) is 0 Å². The lowest BCUT2D eigenvalue weighted by Crippen LogP contribution is -2.01. The van der Waals surface area contributed by atoms with Crippen molar-refractivity contribution >= 4 is 28.2 Å². The van der Waals surface area contributed by atoms with Gasteiger partial charge in [0.1, 0.15) is 0 Å². The third-order valence-electron chi connectivity index (χ3n) is 3.18. The van der Waals surface area contributed by atoms with Crippen molar-refractivity contribution in [2.45, 2.75) is 24.2 Å². The second-order valence-electron chi connectivity index (χ2n) is 4.73. The average Bonchev–Trinajstić information content (AvgIpc) is 2.49. The molecule has 0 aliphatic heterocycles. The third-order valence-corrected chi connectivity index (χ3v) is 4.47. The van der Waals surface area contributed by atoms with Gasteiger partial charge in [0.2, 0.25) is 0 Å². The summed E-state index contributed by atoms with van der Waals surface area (Å²) < 4.78 is 11.5. The van der Waals surface area contributed by atoms with E-state index in [0.717, 1.165) is 10.5 Å². The van der Waals surface area contributed by atoms with Crippen LogP contribution >= 0.6 is 11.6 Å². The van der Waals surface area contributed by atoms with Gasteiger partial charge in [-0.3, -0.25) is 14.0 Å². The largest absolute Gasteiger partial charge is 0.294 e. The molecule has 0 aliphatic carbocycles. The summed E-state index contributed by atoms with van der Waals surface area (Å²) in [5.74, 6) is 0.0782. The predicted octanol–water partition coefficient (Wildman–Crippen LogP) is 3.68. The third kappa shape index (κ3) is 4.48. The molecule has 3 nitrogen and oxygen atoms in total. The summed E-state index contributed by atoms with van der Waals surface area (Å²) in [6, 6.07) is 8.90. The Morgan fingerprint density at radius 1 is 1.33 bits per heavy atom. The Bertz CT molecular complexity index is 659. The fourth-order valence-corrected chi connectivity index (χ4v) is 2.81. The van der Waals surface area contributed by atoms with Crippen LogP contribution in [-0.4, -0.2) is 21.2 Å². The zero-order chi connectivity index (χ0) is 15.2. The van der Waals surface area contributed by atoms with Crippen LogP contribution < -0.4 is 0 Å². The fraction of sp³-hybridized carbons (Fsp3) is 0.250. The molecular weight excluding hydrogens is 306 g/mol. The number of aryl methyl sites for hydroxylation is 1. The summed E-state index contributed by atoms with van der Waals surface area (Å²) in [4.78, 5) is 16.7. The molecule has 1 unspecified atom stereocenters. The van der Waals surface area contributed by atoms with Gasteiger partial charge in [0, 0.05) is 51.4 Å². The summed E-state index contributed by atoms with van der Waals surface area (Å²) >= 11 is 6.14. The van der Waals surface area contributed by atoms with E-state index in [1.54, 1.807) is 42.9 Å². The highest BCUT2D eigenvalue weighted by Crippen LogP contribution is 2.21. The maximum absolute atomic E-state index is 12.0. The van der Waals surface area contributed by atoms with Gasteiger partial charge in [-0.1, -0.05) is 11.6 Å². The maximum atomic E-state index is 12.0. The molecule has 0 radical (unpaired) electrons. The van der Waals surface area contributed by atoms with E-state index in [9.17, 15) is 9.00 Å². The predicted molar refractivity (Wildman–Crippen MR) is 85.3 cm³/mol. The summed E-state index contributed by atoms with van der Waals surface area (Å²) in [7, 11) is -1.03. The normalized spacial score (nSPS) is 12.1. The first-order valence-electron chi connectivity index (χ1n) is 6.63. The van der Waals surface area contributed by atoms with Crippen molar-refractivity contribution in [2.75, 3.05) is 6.26 Å². The minimum Gasteiger partial charge on any atom is -0.294 e. The number of carbonyl (C=O) groups is 1. The van der Waals surface area contributed by atoms with Gasteiger partial charge in [-0.05, 0) is 48.7 Å². The summed E-state index contributed by atoms with van der Waals surface area (Å²) in [5, 5.41) is 0.651. The van der Waals surface area contributed by atoms with Gasteiger partial charge in [0.05, 0.1) is 0 Å². The molecule has 1 aromatic heterocycles. The first-order chi connectivity index (χ1) is 10.1. The number of halogens is 1. The standard InChI is InChI=1S/C16H16ClNO2S/c1-21(20)14-7-8-15(17)12(10-14)4-2-6-16(19)13-5-3-9-18-11-13/h3,5,7-11H,2,4,6H2,1H3. The smallest absolute Gasteiger partial charge is 0.164 e. The molecular formula is C16H16ClNO2S. The molecule has 0 saturated heterocycles. The average molecular weight is 322 g/mol. The Kier molecular flexibility index (Phi) is 5.65. The van der Waals surface area contributed by atoms with E-state index in [0.29, 0.717) is 29.8 Å². The van der Waals surface area contributed by atoms with Gasteiger partial charge in [0.15, 0.2) is 5.78 Å². The van der Waals surface area contributed by atoms with Gasteiger partial charge < -0.3 is 0 Å². The van der Waals surface area contributed by atoms with E-state index in [1.807, 2.05) is 6.07 Å². The highest BCUT2D eigenvalue weighted by atomic mass is 35.5. The highest BCUT2D eigenvalue weighted by Gasteiger charge is 2.08. The van der Waals surface area contributed by atoms with Crippen molar-refractivity contribution in [1.82, 2.24) is 4.98 Å². The van der Waals surface area contributed by atoms with Gasteiger partial charge >= 0.3 is 0 Å². The molecule has 2 aromatic rings. The lowest BCUT2D eigenvalue weighted by atomic mass is 10.0. The van der Waals surface area contributed by atoms with Gasteiger partial charge in [-0.15, -0.1) is 0 Å². The number of benzene rings is 1. The SMILES string of the molecule is CS(=O)c1ccc(Cl)c(CCCC(=O)c2cccnc2)c1. The number of aromatic nitrogens is 1. The van der Waals surface area contributed by atoms with Crippen molar-refractivity contribution in [3.05, 3.63) is 58.9 Å². The monoisotopic (exact) mass is 321 g/mol. The first kappa shape index (κ1) is 15.9. The molecule has 21 heavy (non-hydrogen) atoms. The van der Waals surface area contributed by atoms with Gasteiger partial charge in [-0.2, -0.15) is 0 Å². The molecule has 0 aliphatic rings. The topological polar surface area (TPSA) is 47.0 Å². The number of nitrogens with zero attached hydrogens (tertiary/aromatic N) is 1. The van der Waals surface area contributed by atoms with Crippen LogP contribution in [0.1, 0.15) is 28.8 Å². The van der Waals surface area contributed by atoms with Crippen LogP contribution in [0.5, 0.6) is 0 Å². The Hall–Kier alpha value is -1.52. The molecule has 0 fully saturated rings. The number of hydrogen-bond acceptors (Lipinski definition) is 3. The van der Waals surface area contributed by atoms with E-state index in [-0.39, 0.29) is 5.78 Å². The zero-order valence-corrected chi connectivity index (χ0v) is 13.3. The molecule has 1 heterocycles. The number of ketones is 1. The molecule has 110 valence electrons. The maximum Gasteiger partial charge on any atom is 0.164 e. The van der Waals surface area contributed by atoms with Crippen molar-refractivity contribution in [3.63, 3.8) is 0 Å². The Balaban J connectivity index is 1.96. The van der Waals surface area contributed by atoms with Crippen LogP contribution in [0.15, 0.2) is 47.6 Å². The number of rotatable bonds is 6. The van der Waals surface area contributed by atoms with Crippen LogP contribution in [0.2, 0.25) is 5.02 Å². The summed E-state index contributed by atoms with van der Waals surface area (Å²) in [5.41, 5.74) is 1.57.